The summed E-state index contributed by atoms with van der Waals surface area (Å²) >= 11 is 0. The average Bonchev–Trinajstić information content (AvgIpc) is 2.70. The number of aliphatic hydroxyl groups excluding tert-OH is 1. The van der Waals surface area contributed by atoms with Crippen LogP contribution in [0.2, 0.25) is 0 Å². The monoisotopic (exact) mass is 227 g/mol. The molecule has 0 aliphatic carbocycles. The molecule has 6 nitrogen and oxygen atoms in total. The fourth-order valence-corrected chi connectivity index (χ4v) is 1.18. The predicted octanol–water partition coefficient (Wildman–Crippen LogP) is -0.274. The number of hydrogen-bond acceptors (Lipinski definition) is 4. The molecule has 0 bridgehead atoms. The summed E-state index contributed by atoms with van der Waals surface area (Å²) in [4.78, 5) is 14.2. The van der Waals surface area contributed by atoms with E-state index in [4.69, 9.17) is 15.6 Å². The van der Waals surface area contributed by atoms with E-state index in [1.807, 2.05) is 0 Å². The smallest absolute Gasteiger partial charge is 0.267 e. The second-order valence-corrected chi connectivity index (χ2v) is 3.29. The molecule has 0 unspecified atom stereocenters. The quantitative estimate of drug-likeness (QED) is 0.481. The van der Waals surface area contributed by atoms with E-state index in [9.17, 15) is 4.79 Å². The maximum atomic E-state index is 11.5. The summed E-state index contributed by atoms with van der Waals surface area (Å²) in [5.41, 5.74) is 6.46. The molecule has 0 aliphatic rings. The number of aromatic nitrogens is 1. The molecule has 0 saturated carbocycles. The largest absolute Gasteiger partial charge is 0.397 e. The van der Waals surface area contributed by atoms with Gasteiger partial charge in [0.1, 0.15) is 5.69 Å². The van der Waals surface area contributed by atoms with Crippen LogP contribution in [0.1, 0.15) is 16.9 Å². The molecule has 0 atom stereocenters. The molecule has 16 heavy (non-hydrogen) atoms. The van der Waals surface area contributed by atoms with Gasteiger partial charge in [-0.25, -0.2) is 0 Å². The highest BCUT2D eigenvalue weighted by atomic mass is 16.5. The molecule has 1 aromatic heterocycles. The lowest BCUT2D eigenvalue weighted by Gasteiger charge is -2.04. The van der Waals surface area contributed by atoms with E-state index in [-0.39, 0.29) is 12.5 Å². The normalized spacial score (nSPS) is 10.3. The first-order chi connectivity index (χ1) is 7.74. The average molecular weight is 227 g/mol. The van der Waals surface area contributed by atoms with Crippen molar-refractivity contribution < 1.29 is 14.6 Å². The van der Waals surface area contributed by atoms with E-state index in [1.165, 1.54) is 0 Å². The van der Waals surface area contributed by atoms with Gasteiger partial charge >= 0.3 is 0 Å². The first kappa shape index (κ1) is 12.5. The van der Waals surface area contributed by atoms with Crippen molar-refractivity contribution >= 4 is 11.6 Å². The van der Waals surface area contributed by atoms with E-state index < -0.39 is 0 Å². The fourth-order valence-electron chi connectivity index (χ4n) is 1.18. The summed E-state index contributed by atoms with van der Waals surface area (Å²) in [7, 11) is 0. The molecule has 0 saturated heterocycles. The van der Waals surface area contributed by atoms with Gasteiger partial charge in [-0.2, -0.15) is 0 Å². The van der Waals surface area contributed by atoms with Crippen molar-refractivity contribution in [3.05, 3.63) is 18.0 Å². The molecular formula is C10H17N3O3. The lowest BCUT2D eigenvalue weighted by molar-refractivity contribution is 0.0866. The molecule has 0 aliphatic heterocycles. The lowest BCUT2D eigenvalue weighted by Crippen LogP contribution is -2.25. The number of nitrogen functional groups attached to an aromatic ring is 1. The number of carbonyl (C=O) groups is 1. The predicted molar refractivity (Wildman–Crippen MR) is 60.1 cm³/mol. The number of amides is 1. The zero-order chi connectivity index (χ0) is 11.8. The van der Waals surface area contributed by atoms with Crippen LogP contribution in [0.4, 0.5) is 5.69 Å². The van der Waals surface area contributed by atoms with Crippen molar-refractivity contribution in [1.29, 1.82) is 0 Å². The number of nitrogens with one attached hydrogen (secondary N) is 2. The van der Waals surface area contributed by atoms with Crippen LogP contribution in [0, 0.1) is 0 Å². The Morgan fingerprint density at radius 2 is 2.38 bits per heavy atom. The Morgan fingerprint density at radius 3 is 3.00 bits per heavy atom. The molecule has 90 valence electrons. The van der Waals surface area contributed by atoms with Crippen molar-refractivity contribution in [1.82, 2.24) is 10.3 Å². The minimum Gasteiger partial charge on any atom is -0.397 e. The van der Waals surface area contributed by atoms with Crippen LogP contribution in [-0.2, 0) is 4.74 Å². The first-order valence-corrected chi connectivity index (χ1v) is 5.14. The van der Waals surface area contributed by atoms with Crippen molar-refractivity contribution in [3.8, 4) is 0 Å². The molecule has 1 heterocycles. The van der Waals surface area contributed by atoms with Crippen LogP contribution in [0.5, 0.6) is 0 Å². The third kappa shape index (κ3) is 4.33. The van der Waals surface area contributed by atoms with E-state index in [2.05, 4.69) is 10.3 Å². The highest BCUT2D eigenvalue weighted by Crippen LogP contribution is 2.03. The summed E-state index contributed by atoms with van der Waals surface area (Å²) in [6, 6.07) is 1.58. The Balaban J connectivity index is 2.11. The van der Waals surface area contributed by atoms with Crippen LogP contribution < -0.4 is 11.1 Å². The maximum Gasteiger partial charge on any atom is 0.267 e. The Labute approximate surface area is 93.8 Å². The van der Waals surface area contributed by atoms with Gasteiger partial charge in [-0.1, -0.05) is 0 Å². The van der Waals surface area contributed by atoms with Crippen LogP contribution >= 0.6 is 0 Å². The number of anilines is 1. The number of ether oxygens (including phenoxy) is 1. The first-order valence-electron chi connectivity index (χ1n) is 5.14. The van der Waals surface area contributed by atoms with E-state index in [1.54, 1.807) is 12.3 Å². The minimum atomic E-state index is -0.182. The van der Waals surface area contributed by atoms with E-state index in [0.29, 0.717) is 37.6 Å². The second kappa shape index (κ2) is 6.86. The van der Waals surface area contributed by atoms with Gasteiger partial charge < -0.3 is 25.9 Å². The number of hydrogen-bond donors (Lipinski definition) is 4. The van der Waals surface area contributed by atoms with Gasteiger partial charge in [-0.05, 0) is 12.5 Å². The topological polar surface area (TPSA) is 100 Å². The Hall–Kier alpha value is -1.53. The van der Waals surface area contributed by atoms with Gasteiger partial charge in [0.2, 0.25) is 0 Å². The standard InChI is InChI=1S/C10H17N3O3/c11-8-6-9(13-7-8)10(15)12-2-1-4-16-5-3-14/h6-7,13-14H,1-5,11H2,(H,12,15). The molecule has 0 radical (unpaired) electrons. The minimum absolute atomic E-state index is 0.0219. The van der Waals surface area contributed by atoms with Crippen molar-refractivity contribution in [2.75, 3.05) is 32.1 Å². The van der Waals surface area contributed by atoms with Crippen LogP contribution in [-0.4, -0.2) is 42.4 Å². The summed E-state index contributed by atoms with van der Waals surface area (Å²) in [6.07, 6.45) is 2.28. The van der Waals surface area contributed by atoms with Gasteiger partial charge in [-0.15, -0.1) is 0 Å². The molecule has 1 rings (SSSR count). The van der Waals surface area contributed by atoms with Gasteiger partial charge in [0, 0.05) is 25.0 Å². The Bertz CT molecular complexity index is 325. The molecule has 0 spiro atoms. The second-order valence-electron chi connectivity index (χ2n) is 3.29. The maximum absolute atomic E-state index is 11.5. The molecule has 1 aromatic rings. The zero-order valence-electron chi connectivity index (χ0n) is 9.03. The molecular weight excluding hydrogens is 210 g/mol. The molecule has 5 N–H and O–H groups in total. The Morgan fingerprint density at radius 1 is 1.56 bits per heavy atom. The summed E-state index contributed by atoms with van der Waals surface area (Å²) < 4.78 is 5.05. The van der Waals surface area contributed by atoms with Crippen LogP contribution in [0.15, 0.2) is 12.3 Å². The van der Waals surface area contributed by atoms with Gasteiger partial charge in [0.05, 0.1) is 13.2 Å². The van der Waals surface area contributed by atoms with Crippen molar-refractivity contribution in [2.45, 2.75) is 6.42 Å². The summed E-state index contributed by atoms with van der Waals surface area (Å²) in [5, 5.41) is 11.2. The third-order valence-corrected chi connectivity index (χ3v) is 1.94. The Kier molecular flexibility index (Phi) is 5.38. The van der Waals surface area contributed by atoms with E-state index >= 15 is 0 Å². The number of rotatable bonds is 7. The number of nitrogens with two attached hydrogens (primary N) is 1. The van der Waals surface area contributed by atoms with Gasteiger partial charge in [0.15, 0.2) is 0 Å². The summed E-state index contributed by atoms with van der Waals surface area (Å²) in [5.74, 6) is -0.182. The van der Waals surface area contributed by atoms with Gasteiger partial charge in [0.25, 0.3) is 5.91 Å². The van der Waals surface area contributed by atoms with Gasteiger partial charge in [-0.3, -0.25) is 4.79 Å². The number of H-pyrrole nitrogens is 1. The zero-order valence-corrected chi connectivity index (χ0v) is 9.03. The molecule has 0 fully saturated rings. The van der Waals surface area contributed by atoms with Crippen LogP contribution in [0.25, 0.3) is 0 Å². The summed E-state index contributed by atoms with van der Waals surface area (Å²) in [6.45, 7) is 1.41. The van der Waals surface area contributed by atoms with Crippen molar-refractivity contribution in [3.63, 3.8) is 0 Å². The SMILES string of the molecule is Nc1c[nH]c(C(=O)NCCCOCCO)c1. The highest BCUT2D eigenvalue weighted by molar-refractivity contribution is 5.93. The van der Waals surface area contributed by atoms with Crippen molar-refractivity contribution in [2.24, 2.45) is 0 Å². The molecule has 1 amide bonds. The molecule has 0 aromatic carbocycles. The lowest BCUT2D eigenvalue weighted by atomic mass is 10.3. The number of aromatic amines is 1. The number of carbonyl (C=O) groups excluding carboxylic acids is 1. The third-order valence-electron chi connectivity index (χ3n) is 1.94. The number of aliphatic hydroxyl groups is 1. The van der Waals surface area contributed by atoms with Crippen LogP contribution in [0.3, 0.4) is 0 Å². The van der Waals surface area contributed by atoms with E-state index in [0.717, 1.165) is 0 Å². The molecule has 6 heteroatoms. The fraction of sp³-hybridized carbons (Fsp3) is 0.500. The highest BCUT2D eigenvalue weighted by Gasteiger charge is 2.05.